The van der Waals surface area contributed by atoms with E-state index >= 15 is 0 Å². The molecule has 0 atom stereocenters. The highest BCUT2D eigenvalue weighted by molar-refractivity contribution is 7.92. The molecule has 35 heavy (non-hydrogen) atoms. The van der Waals surface area contributed by atoms with E-state index in [0.29, 0.717) is 18.0 Å². The third-order valence-corrected chi connectivity index (χ3v) is 6.89. The van der Waals surface area contributed by atoms with Gasteiger partial charge in [0.2, 0.25) is 5.91 Å². The van der Waals surface area contributed by atoms with Crippen molar-refractivity contribution < 1.29 is 27.5 Å². The van der Waals surface area contributed by atoms with Gasteiger partial charge in [-0.15, -0.1) is 0 Å². The Labute approximate surface area is 209 Å². The Morgan fingerprint density at radius 2 is 1.63 bits per heavy atom. The van der Waals surface area contributed by atoms with Gasteiger partial charge in [0.1, 0.15) is 12.3 Å². The number of esters is 1. The number of nitrogens with zero attached hydrogens (tertiary/aromatic N) is 1. The Hall–Kier alpha value is -3.56. The van der Waals surface area contributed by atoms with Gasteiger partial charge in [-0.25, -0.2) is 13.2 Å². The molecule has 0 aromatic heterocycles. The zero-order valence-corrected chi connectivity index (χ0v) is 20.8. The van der Waals surface area contributed by atoms with Gasteiger partial charge in [-0.1, -0.05) is 41.9 Å². The van der Waals surface area contributed by atoms with E-state index in [1.54, 1.807) is 56.3 Å². The minimum Gasteiger partial charge on any atom is -0.492 e. The maximum absolute atomic E-state index is 13.5. The maximum atomic E-state index is 13.5. The van der Waals surface area contributed by atoms with Crippen LogP contribution in [0.3, 0.4) is 0 Å². The molecule has 0 aliphatic rings. The fourth-order valence-corrected chi connectivity index (χ4v) is 4.97. The first kappa shape index (κ1) is 26.1. The number of para-hydroxylation sites is 2. The van der Waals surface area contributed by atoms with Gasteiger partial charge in [0.25, 0.3) is 10.0 Å². The Kier molecular flexibility index (Phi) is 8.73. The summed E-state index contributed by atoms with van der Waals surface area (Å²) in [6, 6.07) is 18.7. The van der Waals surface area contributed by atoms with E-state index in [1.807, 2.05) is 0 Å². The van der Waals surface area contributed by atoms with Crippen LogP contribution in [-0.4, -0.2) is 40.1 Å². The van der Waals surface area contributed by atoms with E-state index < -0.39 is 28.4 Å². The molecule has 0 heterocycles. The minimum absolute atomic E-state index is 0.0286. The van der Waals surface area contributed by atoms with Gasteiger partial charge in [0.15, 0.2) is 0 Å². The molecule has 0 aliphatic heterocycles. The molecule has 0 spiro atoms. The summed E-state index contributed by atoms with van der Waals surface area (Å²) in [4.78, 5) is 25.0. The highest BCUT2D eigenvalue weighted by atomic mass is 35.5. The van der Waals surface area contributed by atoms with E-state index in [1.165, 1.54) is 30.3 Å². The summed E-state index contributed by atoms with van der Waals surface area (Å²) in [5.41, 5.74) is 0.678. The van der Waals surface area contributed by atoms with Crippen molar-refractivity contribution in [3.05, 3.63) is 83.4 Å². The molecule has 3 aromatic rings. The molecule has 3 aromatic carbocycles. The number of halogens is 1. The molecular formula is C25H25ClN2O6S. The molecule has 10 heteroatoms. The Balaban J connectivity index is 1.92. The molecule has 0 aliphatic carbocycles. The van der Waals surface area contributed by atoms with Crippen molar-refractivity contribution in [2.24, 2.45) is 0 Å². The van der Waals surface area contributed by atoms with Gasteiger partial charge in [0.05, 0.1) is 34.4 Å². The largest absolute Gasteiger partial charge is 0.492 e. The number of carbonyl (C=O) groups is 2. The highest BCUT2D eigenvalue weighted by Gasteiger charge is 2.29. The summed E-state index contributed by atoms with van der Waals surface area (Å²) in [7, 11) is -4.11. The highest BCUT2D eigenvalue weighted by Crippen LogP contribution is 2.32. The smallest absolute Gasteiger partial charge is 0.339 e. The number of carbonyl (C=O) groups excluding carboxylic acids is 2. The van der Waals surface area contributed by atoms with Gasteiger partial charge in [-0.05, 0) is 56.3 Å². The fraction of sp³-hybridized carbons (Fsp3) is 0.200. The molecule has 0 saturated carbocycles. The number of benzene rings is 3. The second kappa shape index (κ2) is 11.7. The van der Waals surface area contributed by atoms with E-state index in [0.717, 1.165) is 4.31 Å². The summed E-state index contributed by atoms with van der Waals surface area (Å²) < 4.78 is 38.6. The molecule has 3 rings (SSSR count). The van der Waals surface area contributed by atoms with Crippen molar-refractivity contribution in [2.45, 2.75) is 18.7 Å². The second-order valence-corrected chi connectivity index (χ2v) is 9.46. The quantitative estimate of drug-likeness (QED) is 0.390. The monoisotopic (exact) mass is 516 g/mol. The van der Waals surface area contributed by atoms with Crippen molar-refractivity contribution >= 4 is 44.9 Å². The molecule has 0 unspecified atom stereocenters. The van der Waals surface area contributed by atoms with Crippen molar-refractivity contribution in [3.63, 3.8) is 0 Å². The van der Waals surface area contributed by atoms with Gasteiger partial charge < -0.3 is 14.8 Å². The average molecular weight is 517 g/mol. The Bertz CT molecular complexity index is 1300. The first-order valence-electron chi connectivity index (χ1n) is 10.8. The third kappa shape index (κ3) is 6.32. The summed E-state index contributed by atoms with van der Waals surface area (Å²) >= 11 is 6.18. The number of amides is 1. The number of ether oxygens (including phenoxy) is 2. The van der Waals surface area contributed by atoms with E-state index in [4.69, 9.17) is 21.1 Å². The standard InChI is InChI=1S/C25H25ClN2O6S/c1-3-33-23-13-9-8-12-22(23)28(35(31,32)19-10-6-5-7-11-19)17-24(29)27-18-14-15-20(21(26)16-18)25(30)34-4-2/h5-16H,3-4,17H2,1-2H3,(H,27,29). The van der Waals surface area contributed by atoms with Gasteiger partial charge in [0, 0.05) is 5.69 Å². The zero-order valence-electron chi connectivity index (χ0n) is 19.2. The molecule has 8 nitrogen and oxygen atoms in total. The number of anilines is 2. The van der Waals surface area contributed by atoms with E-state index in [9.17, 15) is 18.0 Å². The lowest BCUT2D eigenvalue weighted by Gasteiger charge is -2.26. The fourth-order valence-electron chi connectivity index (χ4n) is 3.26. The number of rotatable bonds is 10. The third-order valence-electron chi connectivity index (χ3n) is 4.80. The normalized spacial score (nSPS) is 10.9. The average Bonchev–Trinajstić information content (AvgIpc) is 2.84. The zero-order chi connectivity index (χ0) is 25.4. The number of sulfonamides is 1. The first-order valence-corrected chi connectivity index (χ1v) is 12.7. The van der Waals surface area contributed by atoms with Crippen LogP contribution in [0, 0.1) is 0 Å². The van der Waals surface area contributed by atoms with Crippen LogP contribution in [-0.2, 0) is 19.6 Å². The molecule has 1 amide bonds. The van der Waals surface area contributed by atoms with Crippen LogP contribution in [0.4, 0.5) is 11.4 Å². The molecular weight excluding hydrogens is 492 g/mol. The summed E-state index contributed by atoms with van der Waals surface area (Å²) in [6.07, 6.45) is 0. The Morgan fingerprint density at radius 3 is 2.29 bits per heavy atom. The summed E-state index contributed by atoms with van der Waals surface area (Å²) in [6.45, 7) is 3.44. The molecule has 184 valence electrons. The van der Waals surface area contributed by atoms with Crippen LogP contribution < -0.4 is 14.4 Å². The van der Waals surface area contributed by atoms with Crippen LogP contribution >= 0.6 is 11.6 Å². The first-order chi connectivity index (χ1) is 16.8. The van der Waals surface area contributed by atoms with Gasteiger partial charge in [-0.2, -0.15) is 0 Å². The van der Waals surface area contributed by atoms with Crippen molar-refractivity contribution in [2.75, 3.05) is 29.4 Å². The molecule has 1 N–H and O–H groups in total. The van der Waals surface area contributed by atoms with Crippen molar-refractivity contribution in [3.8, 4) is 5.75 Å². The SMILES string of the molecule is CCOC(=O)c1ccc(NC(=O)CN(c2ccccc2OCC)S(=O)(=O)c2ccccc2)cc1Cl. The lowest BCUT2D eigenvalue weighted by atomic mass is 10.2. The molecule has 0 bridgehead atoms. The molecule has 0 saturated heterocycles. The molecule has 0 radical (unpaired) electrons. The van der Waals surface area contributed by atoms with Gasteiger partial charge >= 0.3 is 5.97 Å². The number of hydrogen-bond donors (Lipinski definition) is 1. The maximum Gasteiger partial charge on any atom is 0.339 e. The molecule has 0 fully saturated rings. The van der Waals surface area contributed by atoms with Gasteiger partial charge in [-0.3, -0.25) is 9.10 Å². The second-order valence-electron chi connectivity index (χ2n) is 7.19. The Morgan fingerprint density at radius 1 is 0.943 bits per heavy atom. The predicted molar refractivity (Wildman–Crippen MR) is 135 cm³/mol. The van der Waals surface area contributed by atoms with Crippen LogP contribution in [0.25, 0.3) is 0 Å². The lowest BCUT2D eigenvalue weighted by molar-refractivity contribution is -0.114. The van der Waals surface area contributed by atoms with E-state index in [-0.39, 0.29) is 27.8 Å². The number of hydrogen-bond acceptors (Lipinski definition) is 6. The predicted octanol–water partition coefficient (Wildman–Crippen LogP) is 4.75. The van der Waals surface area contributed by atoms with Crippen molar-refractivity contribution in [1.82, 2.24) is 0 Å². The topological polar surface area (TPSA) is 102 Å². The lowest BCUT2D eigenvalue weighted by Crippen LogP contribution is -2.38. The van der Waals surface area contributed by atoms with Crippen LogP contribution in [0.15, 0.2) is 77.7 Å². The number of nitrogens with one attached hydrogen (secondary N) is 1. The van der Waals surface area contributed by atoms with E-state index in [2.05, 4.69) is 5.32 Å². The van der Waals surface area contributed by atoms with Crippen LogP contribution in [0.1, 0.15) is 24.2 Å². The van der Waals surface area contributed by atoms with Crippen molar-refractivity contribution in [1.29, 1.82) is 0 Å². The van der Waals surface area contributed by atoms with Crippen LogP contribution in [0.2, 0.25) is 5.02 Å². The summed E-state index contributed by atoms with van der Waals surface area (Å²) in [5.74, 6) is -0.872. The summed E-state index contributed by atoms with van der Waals surface area (Å²) in [5, 5.41) is 2.73. The minimum atomic E-state index is -4.11. The van der Waals surface area contributed by atoms with Crippen LogP contribution in [0.5, 0.6) is 5.75 Å².